The highest BCUT2D eigenvalue weighted by Crippen LogP contribution is 2.00. The average molecular weight is 259 g/mol. The number of hydrogen-bond donors (Lipinski definition) is 0. The van der Waals surface area contributed by atoms with Gasteiger partial charge in [0.05, 0.1) is 0 Å². The summed E-state index contributed by atoms with van der Waals surface area (Å²) in [7, 11) is 0. The van der Waals surface area contributed by atoms with Gasteiger partial charge in [-0.25, -0.2) is 4.98 Å². The van der Waals surface area contributed by atoms with Crippen LogP contribution in [0.25, 0.3) is 0 Å². The molecule has 0 aliphatic carbocycles. The third-order valence-electron chi connectivity index (χ3n) is 2.74. The van der Waals surface area contributed by atoms with Gasteiger partial charge in [-0.15, -0.1) is 0 Å². The molecule has 1 aromatic heterocycles. The van der Waals surface area contributed by atoms with Gasteiger partial charge in [0.2, 0.25) is 0 Å². The Hall–Kier alpha value is -2.51. The van der Waals surface area contributed by atoms with Crippen LogP contribution in [0.4, 0.5) is 0 Å². The first-order valence-electron chi connectivity index (χ1n) is 6.89. The van der Waals surface area contributed by atoms with Crippen molar-refractivity contribution in [3.05, 3.63) is 66.0 Å². The van der Waals surface area contributed by atoms with Crippen molar-refractivity contribution in [1.82, 2.24) is 4.98 Å². The Morgan fingerprint density at radius 2 is 1.45 bits per heavy atom. The van der Waals surface area contributed by atoms with Gasteiger partial charge in [-0.3, -0.25) is 0 Å². The zero-order chi connectivity index (χ0) is 13.9. The Bertz CT molecular complexity index is 562. The molecule has 1 heterocycles. The summed E-state index contributed by atoms with van der Waals surface area (Å²) in [5, 5.41) is 0. The Morgan fingerprint density at radius 1 is 0.750 bits per heavy atom. The van der Waals surface area contributed by atoms with E-state index in [1.165, 1.54) is 0 Å². The molecule has 0 aliphatic heterocycles. The number of rotatable bonds is 3. The molecule has 98 valence electrons. The maximum atomic E-state index is 4.16. The molecule has 0 aliphatic rings. The largest absolute Gasteiger partial charge is 0.248 e. The predicted molar refractivity (Wildman–Crippen MR) is 82.9 cm³/mol. The summed E-state index contributed by atoms with van der Waals surface area (Å²) in [5.74, 6) is 12.6. The fraction of sp³-hybridized carbons (Fsp3) is 0.211. The molecule has 0 unspecified atom stereocenters. The van der Waals surface area contributed by atoms with E-state index in [-0.39, 0.29) is 0 Å². The van der Waals surface area contributed by atoms with Gasteiger partial charge < -0.3 is 0 Å². The molecule has 0 saturated heterocycles. The van der Waals surface area contributed by atoms with E-state index < -0.39 is 0 Å². The van der Waals surface area contributed by atoms with Crippen molar-refractivity contribution in [3.63, 3.8) is 0 Å². The molecule has 20 heavy (non-hydrogen) atoms. The second kappa shape index (κ2) is 8.57. The summed E-state index contributed by atoms with van der Waals surface area (Å²) in [6, 6.07) is 15.9. The number of unbranched alkanes of at least 4 members (excludes halogenated alkanes) is 3. The number of pyridine rings is 1. The molecule has 1 heteroatoms. The molecular weight excluding hydrogens is 242 g/mol. The van der Waals surface area contributed by atoms with Gasteiger partial charge >= 0.3 is 0 Å². The minimum atomic E-state index is 0.844. The van der Waals surface area contributed by atoms with Crippen LogP contribution >= 0.6 is 0 Å². The second-order valence-corrected chi connectivity index (χ2v) is 4.39. The smallest absolute Gasteiger partial charge is 0.113 e. The van der Waals surface area contributed by atoms with Crippen LogP contribution in [0.2, 0.25) is 0 Å². The lowest BCUT2D eigenvalue weighted by molar-refractivity contribution is 0.782. The Balaban J connectivity index is 1.63. The van der Waals surface area contributed by atoms with Crippen LogP contribution in [0.15, 0.2) is 54.7 Å². The van der Waals surface area contributed by atoms with E-state index in [2.05, 4.69) is 28.7 Å². The van der Waals surface area contributed by atoms with Crippen LogP contribution in [0.1, 0.15) is 36.9 Å². The van der Waals surface area contributed by atoms with E-state index in [1.54, 1.807) is 6.20 Å². The lowest BCUT2D eigenvalue weighted by Crippen LogP contribution is -1.79. The Labute approximate surface area is 121 Å². The molecular formula is C19H17N. The molecule has 1 nitrogen and oxygen atoms in total. The van der Waals surface area contributed by atoms with Crippen LogP contribution in [0, 0.1) is 23.7 Å². The van der Waals surface area contributed by atoms with E-state index in [1.807, 2.05) is 48.5 Å². The molecule has 0 atom stereocenters. The maximum Gasteiger partial charge on any atom is 0.113 e. The van der Waals surface area contributed by atoms with Crippen LogP contribution < -0.4 is 0 Å². The molecule has 2 rings (SSSR count). The molecule has 0 spiro atoms. The summed E-state index contributed by atoms with van der Waals surface area (Å²) in [4.78, 5) is 4.16. The minimum Gasteiger partial charge on any atom is -0.248 e. The summed E-state index contributed by atoms with van der Waals surface area (Å²) in [6.45, 7) is 0. The number of benzene rings is 1. The van der Waals surface area contributed by atoms with Crippen LogP contribution in [-0.4, -0.2) is 4.98 Å². The second-order valence-electron chi connectivity index (χ2n) is 4.39. The van der Waals surface area contributed by atoms with Crippen LogP contribution in [0.5, 0.6) is 0 Å². The van der Waals surface area contributed by atoms with E-state index in [0.29, 0.717) is 0 Å². The summed E-state index contributed by atoms with van der Waals surface area (Å²) < 4.78 is 0. The highest BCUT2D eigenvalue weighted by Gasteiger charge is 1.86. The van der Waals surface area contributed by atoms with Gasteiger partial charge in [0, 0.05) is 24.6 Å². The zero-order valence-electron chi connectivity index (χ0n) is 11.5. The van der Waals surface area contributed by atoms with E-state index >= 15 is 0 Å². The van der Waals surface area contributed by atoms with Crippen molar-refractivity contribution in [2.24, 2.45) is 0 Å². The van der Waals surface area contributed by atoms with Gasteiger partial charge in [-0.05, 0) is 43.0 Å². The topological polar surface area (TPSA) is 12.9 Å². The third kappa shape index (κ3) is 5.42. The van der Waals surface area contributed by atoms with Gasteiger partial charge in [0.25, 0.3) is 0 Å². The van der Waals surface area contributed by atoms with Crippen molar-refractivity contribution in [2.45, 2.75) is 25.7 Å². The first-order chi connectivity index (χ1) is 9.95. The van der Waals surface area contributed by atoms with Crippen molar-refractivity contribution in [3.8, 4) is 23.7 Å². The molecule has 0 bridgehead atoms. The molecule has 0 N–H and O–H groups in total. The number of nitrogens with zero attached hydrogens (tertiary/aromatic N) is 1. The molecule has 0 saturated carbocycles. The van der Waals surface area contributed by atoms with Crippen molar-refractivity contribution in [1.29, 1.82) is 0 Å². The maximum absolute atomic E-state index is 4.16. The fourth-order valence-corrected chi connectivity index (χ4v) is 1.70. The summed E-state index contributed by atoms with van der Waals surface area (Å²) >= 11 is 0. The highest BCUT2D eigenvalue weighted by atomic mass is 14.6. The lowest BCUT2D eigenvalue weighted by atomic mass is 10.2. The third-order valence-corrected chi connectivity index (χ3v) is 2.74. The van der Waals surface area contributed by atoms with E-state index in [0.717, 1.165) is 36.9 Å². The van der Waals surface area contributed by atoms with E-state index in [4.69, 9.17) is 0 Å². The van der Waals surface area contributed by atoms with Crippen LogP contribution in [0.3, 0.4) is 0 Å². The van der Waals surface area contributed by atoms with Crippen molar-refractivity contribution < 1.29 is 0 Å². The highest BCUT2D eigenvalue weighted by molar-refractivity contribution is 5.33. The van der Waals surface area contributed by atoms with Crippen LogP contribution in [-0.2, 0) is 0 Å². The standard InChI is InChI=1S/C19H17N/c1(3-6-12-18-13-7-5-8-14-18)2-4-9-15-19-16-10-11-17-20-19/h5,7-8,10-11,13-14,16-17H,1-4H2. The molecule has 0 amide bonds. The number of aromatic nitrogens is 1. The van der Waals surface area contributed by atoms with Gasteiger partial charge in [-0.2, -0.15) is 0 Å². The first-order valence-corrected chi connectivity index (χ1v) is 6.89. The fourth-order valence-electron chi connectivity index (χ4n) is 1.70. The molecule has 2 aromatic rings. The minimum absolute atomic E-state index is 0.844. The number of hydrogen-bond acceptors (Lipinski definition) is 1. The first kappa shape index (κ1) is 13.9. The van der Waals surface area contributed by atoms with E-state index in [9.17, 15) is 0 Å². The molecule has 0 radical (unpaired) electrons. The predicted octanol–water partition coefficient (Wildman–Crippen LogP) is 4.05. The molecule has 0 fully saturated rings. The Morgan fingerprint density at radius 3 is 2.15 bits per heavy atom. The Kier molecular flexibility index (Phi) is 5.96. The normalized spacial score (nSPS) is 9.00. The monoisotopic (exact) mass is 259 g/mol. The zero-order valence-corrected chi connectivity index (χ0v) is 11.5. The van der Waals surface area contributed by atoms with Crippen molar-refractivity contribution in [2.75, 3.05) is 0 Å². The quantitative estimate of drug-likeness (QED) is 0.598. The average Bonchev–Trinajstić information content (AvgIpc) is 2.52. The lowest BCUT2D eigenvalue weighted by Gasteiger charge is -1.90. The van der Waals surface area contributed by atoms with Gasteiger partial charge in [0.1, 0.15) is 5.69 Å². The van der Waals surface area contributed by atoms with Gasteiger partial charge in [-0.1, -0.05) is 42.0 Å². The van der Waals surface area contributed by atoms with Crippen molar-refractivity contribution >= 4 is 0 Å². The molecule has 1 aromatic carbocycles. The summed E-state index contributed by atoms with van der Waals surface area (Å²) in [6.07, 6.45) is 5.78. The van der Waals surface area contributed by atoms with Gasteiger partial charge in [0.15, 0.2) is 0 Å². The summed E-state index contributed by atoms with van der Waals surface area (Å²) in [5.41, 5.74) is 1.93. The SMILES string of the molecule is C(#Cc1ccccc1)CCCCC#Cc1ccccn1.